The first-order valence-corrected chi connectivity index (χ1v) is 8.28. The second-order valence-electron chi connectivity index (χ2n) is 5.37. The van der Waals surface area contributed by atoms with Gasteiger partial charge in [-0.15, -0.1) is 0 Å². The summed E-state index contributed by atoms with van der Waals surface area (Å²) in [5, 5.41) is 19.7. The average molecular weight is 358 g/mol. The summed E-state index contributed by atoms with van der Waals surface area (Å²) < 4.78 is 22.9. The number of hydrogen-bond acceptors (Lipinski definition) is 4. The Morgan fingerprint density at radius 2 is 1.84 bits per heavy atom. The van der Waals surface area contributed by atoms with Crippen molar-refractivity contribution in [3.05, 3.63) is 59.8 Å². The van der Waals surface area contributed by atoms with Crippen LogP contribution in [0.15, 0.2) is 48.5 Å². The van der Waals surface area contributed by atoms with Crippen LogP contribution >= 0.6 is 0 Å². The molecule has 3 rings (SSSR count). The molecule has 3 aromatic rings. The van der Waals surface area contributed by atoms with Crippen molar-refractivity contribution in [2.24, 2.45) is 0 Å². The van der Waals surface area contributed by atoms with Crippen LogP contribution in [0.25, 0.3) is 10.9 Å². The molecule has 1 atom stereocenters. The van der Waals surface area contributed by atoms with Gasteiger partial charge in [0, 0.05) is 5.39 Å². The Kier molecular flexibility index (Phi) is 4.39. The number of carboxylic acid groups (broad SMARTS) is 1. The summed E-state index contributed by atoms with van der Waals surface area (Å²) in [4.78, 5) is 15.3. The molecule has 8 heteroatoms. The SMILES string of the molecule is Cc1ccc(N(c2cc(C(=O)O)nc3c(O)cccc23)S(=O)O)cc1. The first-order valence-electron chi connectivity index (χ1n) is 7.22. The molecule has 0 aliphatic heterocycles. The van der Waals surface area contributed by atoms with Gasteiger partial charge in [0.2, 0.25) is 0 Å². The fraction of sp³-hybridized carbons (Fsp3) is 0.0588. The van der Waals surface area contributed by atoms with Crippen LogP contribution in [-0.4, -0.2) is 29.9 Å². The Morgan fingerprint density at radius 1 is 1.16 bits per heavy atom. The highest BCUT2D eigenvalue weighted by Crippen LogP contribution is 2.36. The largest absolute Gasteiger partial charge is 0.506 e. The Labute approximate surface area is 145 Å². The molecule has 25 heavy (non-hydrogen) atoms. The summed E-state index contributed by atoms with van der Waals surface area (Å²) >= 11 is -2.47. The van der Waals surface area contributed by atoms with Gasteiger partial charge in [-0.3, -0.25) is 4.55 Å². The number of aromatic carboxylic acids is 1. The fourth-order valence-electron chi connectivity index (χ4n) is 2.49. The van der Waals surface area contributed by atoms with Crippen molar-refractivity contribution in [3.63, 3.8) is 0 Å². The van der Waals surface area contributed by atoms with Crippen molar-refractivity contribution in [2.45, 2.75) is 6.92 Å². The lowest BCUT2D eigenvalue weighted by Crippen LogP contribution is -2.20. The molecule has 0 aliphatic rings. The number of rotatable bonds is 4. The third kappa shape index (κ3) is 3.17. The number of aromatic nitrogens is 1. The number of nitrogens with zero attached hydrogens (tertiary/aromatic N) is 2. The predicted octanol–water partition coefficient (Wildman–Crippen LogP) is 3.22. The van der Waals surface area contributed by atoms with Crippen LogP contribution in [0.3, 0.4) is 0 Å². The molecule has 0 spiro atoms. The highest BCUT2D eigenvalue weighted by atomic mass is 32.2. The van der Waals surface area contributed by atoms with Crippen molar-refractivity contribution in [2.75, 3.05) is 4.31 Å². The smallest absolute Gasteiger partial charge is 0.354 e. The van der Waals surface area contributed by atoms with Gasteiger partial charge in [0.15, 0.2) is 5.69 Å². The van der Waals surface area contributed by atoms with Gasteiger partial charge in [-0.1, -0.05) is 29.8 Å². The molecule has 7 nitrogen and oxygen atoms in total. The van der Waals surface area contributed by atoms with Crippen LogP contribution in [0.4, 0.5) is 11.4 Å². The van der Waals surface area contributed by atoms with E-state index in [1.54, 1.807) is 36.4 Å². The normalized spacial score (nSPS) is 12.1. The average Bonchev–Trinajstić information content (AvgIpc) is 2.57. The molecule has 1 heterocycles. The van der Waals surface area contributed by atoms with E-state index in [1.165, 1.54) is 12.1 Å². The Morgan fingerprint density at radius 3 is 2.44 bits per heavy atom. The predicted molar refractivity (Wildman–Crippen MR) is 94.5 cm³/mol. The molecule has 128 valence electrons. The first-order chi connectivity index (χ1) is 11.9. The number of anilines is 2. The minimum atomic E-state index is -2.47. The van der Waals surface area contributed by atoms with Crippen LogP contribution in [0.5, 0.6) is 5.75 Å². The summed E-state index contributed by atoms with van der Waals surface area (Å²) in [6.45, 7) is 1.88. The topological polar surface area (TPSA) is 111 Å². The number of phenolic OH excluding ortho intramolecular Hbond substituents is 1. The molecule has 1 unspecified atom stereocenters. The molecule has 0 saturated heterocycles. The van der Waals surface area contributed by atoms with Gasteiger partial charge < -0.3 is 10.2 Å². The maximum atomic E-state index is 12.0. The summed E-state index contributed by atoms with van der Waals surface area (Å²) in [5.74, 6) is -1.52. The van der Waals surface area contributed by atoms with Gasteiger partial charge in [-0.25, -0.2) is 18.3 Å². The van der Waals surface area contributed by atoms with Crippen molar-refractivity contribution < 1.29 is 23.8 Å². The van der Waals surface area contributed by atoms with E-state index in [-0.39, 0.29) is 22.6 Å². The van der Waals surface area contributed by atoms with Crippen LogP contribution in [0, 0.1) is 6.92 Å². The summed E-state index contributed by atoms with van der Waals surface area (Å²) in [5.41, 5.74) is 1.23. The van der Waals surface area contributed by atoms with Gasteiger partial charge >= 0.3 is 5.97 Å². The molecule has 0 aliphatic carbocycles. The monoisotopic (exact) mass is 358 g/mol. The van der Waals surface area contributed by atoms with E-state index < -0.39 is 17.2 Å². The molecule has 3 N–H and O–H groups in total. The molecule has 0 radical (unpaired) electrons. The van der Waals surface area contributed by atoms with Gasteiger partial charge in [-0.05, 0) is 31.2 Å². The van der Waals surface area contributed by atoms with Crippen molar-refractivity contribution >= 4 is 39.5 Å². The third-order valence-corrected chi connectivity index (χ3v) is 4.38. The van der Waals surface area contributed by atoms with E-state index in [0.717, 1.165) is 9.87 Å². The number of fused-ring (bicyclic) bond motifs is 1. The zero-order valence-corrected chi connectivity index (χ0v) is 13.9. The number of carbonyl (C=O) groups is 1. The van der Waals surface area contributed by atoms with Crippen molar-refractivity contribution in [1.29, 1.82) is 0 Å². The summed E-state index contributed by atoms with van der Waals surface area (Å²) in [6, 6.07) is 12.6. The maximum Gasteiger partial charge on any atom is 0.354 e. The third-order valence-electron chi connectivity index (χ3n) is 3.66. The number of phenols is 1. The maximum absolute atomic E-state index is 12.0. The molecule has 0 bridgehead atoms. The number of carboxylic acids is 1. The Bertz CT molecular complexity index is 988. The molecular formula is C17H14N2O5S. The minimum Gasteiger partial charge on any atom is -0.506 e. The van der Waals surface area contributed by atoms with E-state index in [0.29, 0.717) is 11.1 Å². The second-order valence-corrected chi connectivity index (χ2v) is 6.19. The number of pyridine rings is 1. The van der Waals surface area contributed by atoms with Gasteiger partial charge in [-0.2, -0.15) is 0 Å². The highest BCUT2D eigenvalue weighted by molar-refractivity contribution is 7.81. The van der Waals surface area contributed by atoms with E-state index in [1.807, 2.05) is 6.92 Å². The van der Waals surface area contributed by atoms with Crippen molar-refractivity contribution in [1.82, 2.24) is 4.98 Å². The van der Waals surface area contributed by atoms with Crippen molar-refractivity contribution in [3.8, 4) is 5.75 Å². The summed E-state index contributed by atoms with van der Waals surface area (Å²) in [6.07, 6.45) is 0. The fourth-order valence-corrected chi connectivity index (χ4v) is 3.11. The molecule has 2 aromatic carbocycles. The van der Waals surface area contributed by atoms with E-state index in [4.69, 9.17) is 0 Å². The first kappa shape index (κ1) is 16.9. The van der Waals surface area contributed by atoms with E-state index in [9.17, 15) is 23.8 Å². The number of para-hydroxylation sites is 1. The minimum absolute atomic E-state index is 0.0416. The van der Waals surface area contributed by atoms with E-state index in [2.05, 4.69) is 4.98 Å². The standard InChI is InChI=1S/C17H14N2O5S/c1-10-5-7-11(8-6-10)19(25(23)24)14-9-13(17(21)22)18-16-12(14)3-2-4-15(16)20/h2-9,20H,1H3,(H,21,22)(H,23,24). The number of aryl methyl sites for hydroxylation is 1. The lowest BCUT2D eigenvalue weighted by Gasteiger charge is -2.22. The van der Waals surface area contributed by atoms with Gasteiger partial charge in [0.05, 0.1) is 11.4 Å². The molecule has 0 fully saturated rings. The zero-order valence-electron chi connectivity index (χ0n) is 13.1. The lowest BCUT2D eigenvalue weighted by molar-refractivity contribution is 0.0691. The molecule has 0 amide bonds. The van der Waals surface area contributed by atoms with Crippen LogP contribution in [0.1, 0.15) is 16.1 Å². The molecule has 1 aromatic heterocycles. The molecule has 0 saturated carbocycles. The number of hydrogen-bond donors (Lipinski definition) is 3. The number of benzene rings is 2. The lowest BCUT2D eigenvalue weighted by atomic mass is 10.1. The number of aromatic hydroxyl groups is 1. The van der Waals surface area contributed by atoms with Crippen LogP contribution < -0.4 is 4.31 Å². The Hall–Kier alpha value is -2.97. The van der Waals surface area contributed by atoms with Gasteiger partial charge in [0.1, 0.15) is 11.3 Å². The van der Waals surface area contributed by atoms with E-state index >= 15 is 0 Å². The van der Waals surface area contributed by atoms with Crippen LogP contribution in [-0.2, 0) is 11.3 Å². The Balaban J connectivity index is 2.34. The van der Waals surface area contributed by atoms with Crippen LogP contribution in [0.2, 0.25) is 0 Å². The quantitative estimate of drug-likeness (QED) is 0.618. The highest BCUT2D eigenvalue weighted by Gasteiger charge is 2.22. The van der Waals surface area contributed by atoms with Gasteiger partial charge in [0.25, 0.3) is 11.3 Å². The molecular weight excluding hydrogens is 344 g/mol. The zero-order chi connectivity index (χ0) is 18.1. The second kappa shape index (κ2) is 6.50. The summed E-state index contributed by atoms with van der Waals surface area (Å²) in [7, 11) is 0.